The predicted octanol–water partition coefficient (Wildman–Crippen LogP) is 2.10. The number of carbonyl (C=O) groups excluding carboxylic acids is 2. The molecule has 2 heterocycles. The topological polar surface area (TPSA) is 120 Å². The van der Waals surface area contributed by atoms with Gasteiger partial charge in [-0.05, 0) is 43.3 Å². The Morgan fingerprint density at radius 2 is 1.97 bits per heavy atom. The quantitative estimate of drug-likeness (QED) is 0.635. The number of nitrogens with one attached hydrogen (secondary N) is 2. The van der Waals surface area contributed by atoms with Crippen LogP contribution in [0.1, 0.15) is 29.4 Å². The van der Waals surface area contributed by atoms with E-state index in [0.29, 0.717) is 17.2 Å². The van der Waals surface area contributed by atoms with E-state index >= 15 is 0 Å². The van der Waals surface area contributed by atoms with Crippen LogP contribution < -0.4 is 19.5 Å². The number of sulfonamides is 1. The van der Waals surface area contributed by atoms with Crippen molar-refractivity contribution in [1.29, 1.82) is 0 Å². The number of ether oxygens (including phenoxy) is 3. The monoisotopic (exact) mass is 438 g/mol. The Morgan fingerprint density at radius 3 is 2.72 bits per heavy atom. The van der Waals surface area contributed by atoms with E-state index in [1.807, 2.05) is 0 Å². The molecule has 4 rings (SSSR count). The molecular formula is C18H18N2O7S2. The highest BCUT2D eigenvalue weighted by atomic mass is 32.2. The van der Waals surface area contributed by atoms with E-state index < -0.39 is 28.0 Å². The maximum atomic E-state index is 12.5. The van der Waals surface area contributed by atoms with E-state index in [1.165, 1.54) is 18.4 Å². The van der Waals surface area contributed by atoms with Crippen molar-refractivity contribution in [1.82, 2.24) is 4.72 Å². The van der Waals surface area contributed by atoms with Gasteiger partial charge in [0.25, 0.3) is 5.91 Å². The number of amides is 1. The lowest BCUT2D eigenvalue weighted by molar-refractivity contribution is -0.123. The van der Waals surface area contributed by atoms with Crippen LogP contribution in [0.5, 0.6) is 11.5 Å². The first kappa shape index (κ1) is 19.7. The smallest absolute Gasteiger partial charge is 0.350 e. The fourth-order valence-electron chi connectivity index (χ4n) is 2.63. The molecule has 0 unspecified atom stereocenters. The summed E-state index contributed by atoms with van der Waals surface area (Å²) in [6.45, 7) is 1.52. The normalized spacial score (nSPS) is 16.3. The number of benzene rings is 1. The Bertz CT molecular complexity index is 1060. The lowest BCUT2D eigenvalue weighted by Gasteiger charge is -2.14. The van der Waals surface area contributed by atoms with Crippen LogP contribution in [0.4, 0.5) is 5.69 Å². The molecule has 29 heavy (non-hydrogen) atoms. The minimum Gasteiger partial charge on any atom is -0.454 e. The molecule has 9 nitrogen and oxygen atoms in total. The van der Waals surface area contributed by atoms with Gasteiger partial charge >= 0.3 is 5.97 Å². The Balaban J connectivity index is 1.41. The van der Waals surface area contributed by atoms with Gasteiger partial charge in [0.1, 0.15) is 9.77 Å². The summed E-state index contributed by atoms with van der Waals surface area (Å²) in [6.07, 6.45) is 0.419. The second kappa shape index (κ2) is 7.65. The summed E-state index contributed by atoms with van der Waals surface area (Å²) >= 11 is 0.947. The third-order valence-electron chi connectivity index (χ3n) is 4.30. The van der Waals surface area contributed by atoms with Crippen LogP contribution in [0.3, 0.4) is 0 Å². The van der Waals surface area contributed by atoms with Crippen molar-refractivity contribution in [3.8, 4) is 11.5 Å². The Kier molecular flexibility index (Phi) is 5.19. The van der Waals surface area contributed by atoms with Gasteiger partial charge in [-0.1, -0.05) is 0 Å². The Labute approximate surface area is 171 Å². The van der Waals surface area contributed by atoms with Crippen LogP contribution in [0, 0.1) is 0 Å². The summed E-state index contributed by atoms with van der Waals surface area (Å²) in [6, 6.07) is 6.15. The molecule has 1 atom stereocenters. The number of rotatable bonds is 7. The molecule has 2 N–H and O–H groups in total. The van der Waals surface area contributed by atoms with Crippen molar-refractivity contribution in [2.24, 2.45) is 0 Å². The molecule has 2 aliphatic rings. The minimum absolute atomic E-state index is 0.0686. The van der Waals surface area contributed by atoms with Crippen LogP contribution >= 0.6 is 11.3 Å². The lowest BCUT2D eigenvalue weighted by Crippen LogP contribution is -2.31. The maximum absolute atomic E-state index is 12.5. The number of esters is 1. The fraction of sp³-hybridized carbons (Fsp3) is 0.333. The van der Waals surface area contributed by atoms with E-state index in [1.54, 1.807) is 18.2 Å². The minimum atomic E-state index is -3.81. The molecule has 0 saturated heterocycles. The summed E-state index contributed by atoms with van der Waals surface area (Å²) in [5, 5.41) is 4.12. The largest absolute Gasteiger partial charge is 0.454 e. The molecule has 154 valence electrons. The highest BCUT2D eigenvalue weighted by Crippen LogP contribution is 2.34. The van der Waals surface area contributed by atoms with E-state index in [4.69, 9.17) is 14.2 Å². The second-order valence-corrected chi connectivity index (χ2v) is 9.21. The molecular weight excluding hydrogens is 420 g/mol. The van der Waals surface area contributed by atoms with Gasteiger partial charge in [0.2, 0.25) is 16.8 Å². The van der Waals surface area contributed by atoms with Crippen molar-refractivity contribution in [3.05, 3.63) is 34.5 Å². The molecule has 0 bridgehead atoms. The van der Waals surface area contributed by atoms with Crippen molar-refractivity contribution >= 4 is 38.9 Å². The Morgan fingerprint density at radius 1 is 1.21 bits per heavy atom. The highest BCUT2D eigenvalue weighted by molar-refractivity contribution is 7.89. The summed E-state index contributed by atoms with van der Waals surface area (Å²) in [7, 11) is -3.81. The molecule has 11 heteroatoms. The van der Waals surface area contributed by atoms with E-state index in [2.05, 4.69) is 10.0 Å². The molecule has 1 aliphatic carbocycles. The average Bonchev–Trinajstić information content (AvgIpc) is 3.16. The molecule has 0 radical (unpaired) electrons. The zero-order valence-electron chi connectivity index (χ0n) is 15.3. The summed E-state index contributed by atoms with van der Waals surface area (Å²) in [5.41, 5.74) is 0.454. The summed E-state index contributed by atoms with van der Waals surface area (Å²) < 4.78 is 43.0. The number of anilines is 1. The van der Waals surface area contributed by atoms with Gasteiger partial charge < -0.3 is 19.5 Å². The molecule has 1 fully saturated rings. The summed E-state index contributed by atoms with van der Waals surface area (Å²) in [5.74, 6) is -0.350. The number of fused-ring (bicyclic) bond motifs is 1. The van der Waals surface area contributed by atoms with Crippen molar-refractivity contribution in [3.63, 3.8) is 0 Å². The van der Waals surface area contributed by atoms with Crippen molar-refractivity contribution in [2.75, 3.05) is 12.1 Å². The number of hydrogen-bond donors (Lipinski definition) is 2. The number of carbonyl (C=O) groups is 2. The van der Waals surface area contributed by atoms with Gasteiger partial charge in [-0.3, -0.25) is 4.79 Å². The van der Waals surface area contributed by atoms with Gasteiger partial charge in [-0.15, -0.1) is 11.3 Å². The number of thiophene rings is 1. The molecule has 1 aromatic carbocycles. The highest BCUT2D eigenvalue weighted by Gasteiger charge is 2.32. The first-order valence-electron chi connectivity index (χ1n) is 8.85. The van der Waals surface area contributed by atoms with Crippen molar-refractivity contribution < 1.29 is 32.2 Å². The molecule has 2 aromatic rings. The van der Waals surface area contributed by atoms with Crippen LogP contribution in [-0.4, -0.2) is 39.2 Å². The second-order valence-electron chi connectivity index (χ2n) is 6.61. The third kappa shape index (κ3) is 4.36. The molecule has 1 saturated carbocycles. The van der Waals surface area contributed by atoms with E-state index in [0.717, 1.165) is 24.2 Å². The third-order valence-corrected chi connectivity index (χ3v) is 6.88. The predicted molar refractivity (Wildman–Crippen MR) is 104 cm³/mol. The van der Waals surface area contributed by atoms with Crippen LogP contribution in [0.2, 0.25) is 0 Å². The van der Waals surface area contributed by atoms with Gasteiger partial charge in [-0.25, -0.2) is 17.9 Å². The molecule has 1 aromatic heterocycles. The molecule has 0 spiro atoms. The SMILES string of the molecule is C[C@@H](OC(=O)c1sccc1S(=O)(=O)NC1CC1)C(=O)Nc1ccc2c(c1)OCO2. The first-order chi connectivity index (χ1) is 13.8. The fourth-order valence-corrected chi connectivity index (χ4v) is 5.23. The van der Waals surface area contributed by atoms with Crippen LogP contribution in [0.15, 0.2) is 34.5 Å². The maximum Gasteiger partial charge on any atom is 0.350 e. The lowest BCUT2D eigenvalue weighted by atomic mass is 10.2. The standard InChI is InChI=1S/C18H18N2O7S2/c1-10(17(21)19-12-4-5-13-14(8-12)26-9-25-13)27-18(22)16-15(6-7-28-16)29(23,24)20-11-2-3-11/h4-8,10-11,20H,2-3,9H2,1H3,(H,19,21)/t10-/m1/s1. The average molecular weight is 438 g/mol. The van der Waals surface area contributed by atoms with Crippen molar-refractivity contribution in [2.45, 2.75) is 36.8 Å². The molecule has 1 amide bonds. The van der Waals surface area contributed by atoms with Crippen LogP contribution in [0.25, 0.3) is 0 Å². The first-order valence-corrected chi connectivity index (χ1v) is 11.2. The van der Waals surface area contributed by atoms with E-state index in [9.17, 15) is 18.0 Å². The van der Waals surface area contributed by atoms with E-state index in [-0.39, 0.29) is 22.6 Å². The Hall–Kier alpha value is -2.63. The number of hydrogen-bond acceptors (Lipinski definition) is 8. The van der Waals surface area contributed by atoms with Gasteiger partial charge in [0.15, 0.2) is 17.6 Å². The van der Waals surface area contributed by atoms with Gasteiger partial charge in [0.05, 0.1) is 0 Å². The van der Waals surface area contributed by atoms with Crippen LogP contribution in [-0.2, 0) is 19.6 Å². The van der Waals surface area contributed by atoms with Gasteiger partial charge in [-0.2, -0.15) is 0 Å². The zero-order chi connectivity index (χ0) is 20.6. The molecule has 1 aliphatic heterocycles. The summed E-state index contributed by atoms with van der Waals surface area (Å²) in [4.78, 5) is 24.6. The zero-order valence-corrected chi connectivity index (χ0v) is 17.0. The van der Waals surface area contributed by atoms with Gasteiger partial charge in [0, 0.05) is 17.8 Å².